The van der Waals surface area contributed by atoms with E-state index in [0.717, 1.165) is 23.2 Å². The fraction of sp³-hybridized carbons (Fsp3) is 0.273. The fourth-order valence-electron chi connectivity index (χ4n) is 4.11. The quantitative estimate of drug-likeness (QED) is 0.545. The van der Waals surface area contributed by atoms with E-state index in [-0.39, 0.29) is 6.04 Å². The molecule has 5 heterocycles. The summed E-state index contributed by atoms with van der Waals surface area (Å²) in [6.45, 7) is 2.83. The van der Waals surface area contributed by atoms with Gasteiger partial charge in [0.1, 0.15) is 0 Å². The molecule has 1 aliphatic heterocycles. The number of hydrogen-bond acceptors (Lipinski definition) is 5. The average Bonchev–Trinajstić information content (AvgIpc) is 3.39. The molecule has 1 amide bonds. The summed E-state index contributed by atoms with van der Waals surface area (Å²) in [6.07, 6.45) is 5.22. The van der Waals surface area contributed by atoms with Gasteiger partial charge in [0.2, 0.25) is 0 Å². The largest absolute Gasteiger partial charge is 0.465 e. The number of rotatable bonds is 3. The minimum absolute atomic E-state index is 0.107. The van der Waals surface area contributed by atoms with Crippen LogP contribution >= 0.6 is 0 Å². The van der Waals surface area contributed by atoms with Crippen LogP contribution in [0.2, 0.25) is 0 Å². The molecule has 8 nitrogen and oxygen atoms in total. The topological polar surface area (TPSA) is 86.9 Å². The molecule has 0 bridgehead atoms. The van der Waals surface area contributed by atoms with Gasteiger partial charge in [-0.25, -0.2) is 24.1 Å². The summed E-state index contributed by atoms with van der Waals surface area (Å²) in [5, 5.41) is 10.0. The van der Waals surface area contributed by atoms with Crippen LogP contribution in [0.5, 0.6) is 0 Å². The summed E-state index contributed by atoms with van der Waals surface area (Å²) >= 11 is 0. The molecular weight excluding hydrogens is 399 g/mol. The number of amides is 1. The second kappa shape index (κ2) is 7.19. The van der Waals surface area contributed by atoms with Crippen LogP contribution in [0.25, 0.3) is 27.9 Å². The molecule has 1 saturated heterocycles. The van der Waals surface area contributed by atoms with Crippen molar-refractivity contribution in [1.29, 1.82) is 0 Å². The Kier molecular flexibility index (Phi) is 4.46. The van der Waals surface area contributed by atoms with Crippen LogP contribution in [-0.4, -0.2) is 61.6 Å². The molecule has 1 aliphatic rings. The zero-order valence-corrected chi connectivity index (χ0v) is 17.2. The van der Waals surface area contributed by atoms with Crippen molar-refractivity contribution in [2.75, 3.05) is 25.0 Å². The number of nitrogens with zero attached hydrogens (tertiary/aromatic N) is 6. The maximum atomic E-state index is 14.5. The lowest BCUT2D eigenvalue weighted by molar-refractivity contribution is 0.155. The van der Waals surface area contributed by atoms with Gasteiger partial charge in [0.15, 0.2) is 17.1 Å². The molecule has 4 aromatic heterocycles. The van der Waals surface area contributed by atoms with Crippen LogP contribution in [0.1, 0.15) is 12.1 Å². The Hall–Kier alpha value is -3.75. The van der Waals surface area contributed by atoms with Crippen molar-refractivity contribution in [2.24, 2.45) is 0 Å². The zero-order valence-electron chi connectivity index (χ0n) is 17.2. The van der Waals surface area contributed by atoms with E-state index in [9.17, 15) is 14.3 Å². The van der Waals surface area contributed by atoms with Gasteiger partial charge in [0.25, 0.3) is 0 Å². The van der Waals surface area contributed by atoms with Crippen molar-refractivity contribution in [3.63, 3.8) is 0 Å². The molecule has 1 fully saturated rings. The van der Waals surface area contributed by atoms with Crippen LogP contribution in [0.4, 0.5) is 14.9 Å². The number of fused-ring (bicyclic) bond motifs is 2. The molecule has 5 rings (SSSR count). The van der Waals surface area contributed by atoms with Gasteiger partial charge in [-0.3, -0.25) is 0 Å². The minimum atomic E-state index is -0.884. The molecule has 0 aliphatic carbocycles. The smallest absolute Gasteiger partial charge is 0.407 e. The molecular formula is C22H21FN6O2. The Balaban J connectivity index is 1.45. The third-order valence-corrected chi connectivity index (χ3v) is 5.84. The minimum Gasteiger partial charge on any atom is -0.465 e. The first-order valence-corrected chi connectivity index (χ1v) is 10.0. The maximum absolute atomic E-state index is 14.5. The van der Waals surface area contributed by atoms with Crippen LogP contribution in [-0.2, 0) is 0 Å². The van der Waals surface area contributed by atoms with Crippen molar-refractivity contribution < 1.29 is 14.3 Å². The Bertz CT molecular complexity index is 1320. The van der Waals surface area contributed by atoms with Gasteiger partial charge in [-0.15, -0.1) is 0 Å². The Morgan fingerprint density at radius 2 is 2.10 bits per heavy atom. The highest BCUT2D eigenvalue weighted by Crippen LogP contribution is 2.27. The number of pyridine rings is 3. The van der Waals surface area contributed by atoms with Gasteiger partial charge in [-0.1, -0.05) is 0 Å². The van der Waals surface area contributed by atoms with Crippen LogP contribution in [0, 0.1) is 12.7 Å². The van der Waals surface area contributed by atoms with E-state index in [2.05, 4.69) is 19.9 Å². The van der Waals surface area contributed by atoms with Gasteiger partial charge in [0.05, 0.1) is 23.3 Å². The van der Waals surface area contributed by atoms with Crippen molar-refractivity contribution in [2.45, 2.75) is 19.4 Å². The SMILES string of the molecule is Cc1cn2cc(-c3ccc4cc(N(C)[C@@H]5CCN(C(=O)O)C5)cnc4n3)cc(F)c2n1. The lowest BCUT2D eigenvalue weighted by Crippen LogP contribution is -2.36. The predicted octanol–water partition coefficient (Wildman–Crippen LogP) is 3.58. The number of imidazole rings is 1. The number of aromatic nitrogens is 4. The molecule has 9 heteroatoms. The van der Waals surface area contributed by atoms with Crippen LogP contribution in [0.15, 0.2) is 42.9 Å². The van der Waals surface area contributed by atoms with Crippen LogP contribution < -0.4 is 4.90 Å². The first kappa shape index (κ1) is 19.2. The molecule has 0 aromatic carbocycles. The first-order chi connectivity index (χ1) is 14.9. The summed E-state index contributed by atoms with van der Waals surface area (Å²) in [4.78, 5) is 28.0. The molecule has 4 aromatic rings. The summed E-state index contributed by atoms with van der Waals surface area (Å²) in [5.74, 6) is -0.399. The molecule has 1 atom stereocenters. The number of likely N-dealkylation sites (N-methyl/N-ethyl adjacent to an activating group) is 1. The number of anilines is 1. The molecule has 1 N–H and O–H groups in total. The van der Waals surface area contributed by atoms with Crippen molar-refractivity contribution in [1.82, 2.24) is 24.3 Å². The average molecular weight is 420 g/mol. The molecule has 0 spiro atoms. The van der Waals surface area contributed by atoms with E-state index in [1.165, 1.54) is 11.0 Å². The predicted molar refractivity (Wildman–Crippen MR) is 115 cm³/mol. The molecule has 0 unspecified atom stereocenters. The van der Waals surface area contributed by atoms with Crippen molar-refractivity contribution in [3.05, 3.63) is 54.4 Å². The normalized spacial score (nSPS) is 16.4. The zero-order chi connectivity index (χ0) is 21.7. The second-order valence-electron chi connectivity index (χ2n) is 7.91. The van der Waals surface area contributed by atoms with E-state index < -0.39 is 11.9 Å². The lowest BCUT2D eigenvalue weighted by Gasteiger charge is -2.26. The number of hydrogen-bond donors (Lipinski definition) is 1. The van der Waals surface area contributed by atoms with Gasteiger partial charge in [-0.2, -0.15) is 0 Å². The Morgan fingerprint density at radius 1 is 1.26 bits per heavy atom. The number of carbonyl (C=O) groups is 1. The van der Waals surface area contributed by atoms with Crippen molar-refractivity contribution in [3.8, 4) is 11.3 Å². The van der Waals surface area contributed by atoms with E-state index in [0.29, 0.717) is 35.6 Å². The van der Waals surface area contributed by atoms with Gasteiger partial charge < -0.3 is 19.3 Å². The highest BCUT2D eigenvalue weighted by molar-refractivity contribution is 5.81. The van der Waals surface area contributed by atoms with Gasteiger partial charge >= 0.3 is 6.09 Å². The second-order valence-corrected chi connectivity index (χ2v) is 7.91. The van der Waals surface area contributed by atoms with Crippen molar-refractivity contribution >= 4 is 28.5 Å². The number of halogens is 1. The molecule has 0 radical (unpaired) electrons. The summed E-state index contributed by atoms with van der Waals surface area (Å²) < 4.78 is 16.1. The highest BCUT2D eigenvalue weighted by atomic mass is 19.1. The summed E-state index contributed by atoms with van der Waals surface area (Å²) in [5.41, 5.74) is 3.78. The highest BCUT2D eigenvalue weighted by Gasteiger charge is 2.29. The first-order valence-electron chi connectivity index (χ1n) is 10.0. The van der Waals surface area contributed by atoms with Crippen LogP contribution in [0.3, 0.4) is 0 Å². The fourth-order valence-corrected chi connectivity index (χ4v) is 4.11. The van der Waals surface area contributed by atoms with E-state index in [1.54, 1.807) is 16.8 Å². The van der Waals surface area contributed by atoms with Gasteiger partial charge in [0, 0.05) is 49.5 Å². The maximum Gasteiger partial charge on any atom is 0.407 e. The Morgan fingerprint density at radius 3 is 2.87 bits per heavy atom. The molecule has 0 saturated carbocycles. The number of carboxylic acid groups (broad SMARTS) is 1. The summed E-state index contributed by atoms with van der Waals surface area (Å²) in [7, 11) is 1.95. The standard InChI is InChI=1S/C22H21FN6O2/c1-13-10-29-11-15(8-18(23)21(29)25-13)19-4-3-14-7-17(9-24-20(14)26-19)27(2)16-5-6-28(12-16)22(30)31/h3-4,7-11,16H,5-6,12H2,1-2H3,(H,30,31)/t16-/m1/s1. The third kappa shape index (κ3) is 3.41. The lowest BCUT2D eigenvalue weighted by atomic mass is 10.1. The third-order valence-electron chi connectivity index (χ3n) is 5.84. The van der Waals surface area contributed by atoms with E-state index >= 15 is 0 Å². The Labute approximate surface area is 177 Å². The number of likely N-dealkylation sites (tertiary alicyclic amines) is 1. The van der Waals surface area contributed by atoms with Gasteiger partial charge in [-0.05, 0) is 37.6 Å². The van der Waals surface area contributed by atoms with E-state index in [4.69, 9.17) is 0 Å². The van der Waals surface area contributed by atoms with E-state index in [1.807, 2.05) is 38.4 Å². The summed E-state index contributed by atoms with van der Waals surface area (Å²) in [6, 6.07) is 7.30. The molecule has 31 heavy (non-hydrogen) atoms. The monoisotopic (exact) mass is 420 g/mol. The number of aryl methyl sites for hydroxylation is 1. The molecule has 158 valence electrons.